The van der Waals surface area contributed by atoms with Gasteiger partial charge in [0.15, 0.2) is 0 Å². The van der Waals surface area contributed by atoms with Crippen LogP contribution < -0.4 is 0 Å². The Bertz CT molecular complexity index is 641. The molecule has 0 N–H and O–H groups in total. The molecule has 0 radical (unpaired) electrons. The van der Waals surface area contributed by atoms with Crippen molar-refractivity contribution in [2.75, 3.05) is 0 Å². The minimum absolute atomic E-state index is 0.0685. The Morgan fingerprint density at radius 2 is 2.00 bits per heavy atom. The van der Waals surface area contributed by atoms with E-state index in [9.17, 15) is 9.59 Å². The first-order valence-corrected chi connectivity index (χ1v) is 7.54. The number of fused-ring (bicyclic) bond motifs is 4. The van der Waals surface area contributed by atoms with E-state index in [-0.39, 0.29) is 35.3 Å². The quantitative estimate of drug-likeness (QED) is 0.412. The summed E-state index contributed by atoms with van der Waals surface area (Å²) in [6, 6.07) is 0. The van der Waals surface area contributed by atoms with Gasteiger partial charge >= 0.3 is 11.9 Å². The fraction of sp³-hybridized carbons (Fsp3) is 0.750. The molecule has 3 heterocycles. The van der Waals surface area contributed by atoms with Crippen molar-refractivity contribution in [3.05, 3.63) is 12.2 Å². The van der Waals surface area contributed by atoms with Gasteiger partial charge in [0, 0.05) is 5.92 Å². The van der Waals surface area contributed by atoms with E-state index >= 15 is 0 Å². The zero-order valence-electron chi connectivity index (χ0n) is 12.3. The molecule has 2 saturated carbocycles. The molecule has 2 unspecified atom stereocenters. The van der Waals surface area contributed by atoms with E-state index in [1.807, 2.05) is 13.8 Å². The summed E-state index contributed by atoms with van der Waals surface area (Å²) in [6.07, 6.45) is -0.232. The minimum Gasteiger partial charge on any atom is -0.457 e. The minimum atomic E-state index is -0.836. The highest BCUT2D eigenvalue weighted by molar-refractivity contribution is 5.91. The standard InChI is InChI=1S/C16H18O5/c1-6(2)8-9-12(17)19-10(8)11-15(4)14(9,3)5-7-16(15,21-7)13(18)20-11/h7-11H,1,5H2,2-4H3/t7-,8+,9?,10?,11-,14+,15-,16+/m1/s1. The first-order valence-electron chi connectivity index (χ1n) is 7.54. The normalized spacial score (nSPS) is 62.0. The molecule has 8 atom stereocenters. The smallest absolute Gasteiger partial charge is 0.342 e. The van der Waals surface area contributed by atoms with E-state index in [0.717, 1.165) is 5.57 Å². The Kier molecular flexibility index (Phi) is 1.69. The molecule has 3 aliphatic heterocycles. The van der Waals surface area contributed by atoms with Crippen LogP contribution in [0.1, 0.15) is 27.2 Å². The highest BCUT2D eigenvalue weighted by Gasteiger charge is 2.93. The fourth-order valence-electron chi connectivity index (χ4n) is 6.04. The van der Waals surface area contributed by atoms with Crippen molar-refractivity contribution in [3.8, 4) is 0 Å². The summed E-state index contributed by atoms with van der Waals surface area (Å²) in [4.78, 5) is 24.9. The van der Waals surface area contributed by atoms with E-state index in [1.165, 1.54) is 0 Å². The van der Waals surface area contributed by atoms with Gasteiger partial charge in [-0.05, 0) is 18.8 Å². The van der Waals surface area contributed by atoms with Gasteiger partial charge in [-0.25, -0.2) is 4.79 Å². The summed E-state index contributed by atoms with van der Waals surface area (Å²) in [5.74, 6) is -0.753. The molecule has 5 rings (SSSR count). The number of hydrogen-bond acceptors (Lipinski definition) is 5. The van der Waals surface area contributed by atoms with Crippen molar-refractivity contribution in [1.29, 1.82) is 0 Å². The van der Waals surface area contributed by atoms with Crippen LogP contribution in [0, 0.1) is 22.7 Å². The lowest BCUT2D eigenvalue weighted by Crippen LogP contribution is -2.61. The van der Waals surface area contributed by atoms with E-state index in [1.54, 1.807) is 0 Å². The fourth-order valence-corrected chi connectivity index (χ4v) is 6.04. The third-order valence-corrected chi connectivity index (χ3v) is 7.17. The zero-order valence-corrected chi connectivity index (χ0v) is 12.3. The van der Waals surface area contributed by atoms with Crippen LogP contribution in [0.2, 0.25) is 0 Å². The number of ether oxygens (including phenoxy) is 3. The van der Waals surface area contributed by atoms with Crippen molar-refractivity contribution in [2.24, 2.45) is 22.7 Å². The number of epoxide rings is 1. The van der Waals surface area contributed by atoms with E-state index in [4.69, 9.17) is 14.2 Å². The Morgan fingerprint density at radius 1 is 1.29 bits per heavy atom. The van der Waals surface area contributed by atoms with Gasteiger partial charge in [0.1, 0.15) is 18.3 Å². The van der Waals surface area contributed by atoms with Crippen LogP contribution in [0.4, 0.5) is 0 Å². The van der Waals surface area contributed by atoms with Crippen LogP contribution in [0.25, 0.3) is 0 Å². The van der Waals surface area contributed by atoms with Crippen molar-refractivity contribution < 1.29 is 23.8 Å². The van der Waals surface area contributed by atoms with Crippen LogP contribution in [0.3, 0.4) is 0 Å². The average molecular weight is 290 g/mol. The highest BCUT2D eigenvalue weighted by atomic mass is 16.7. The molecule has 5 fully saturated rings. The Balaban J connectivity index is 1.78. The second kappa shape index (κ2) is 2.91. The maximum Gasteiger partial charge on any atom is 0.342 e. The molecule has 0 amide bonds. The van der Waals surface area contributed by atoms with Gasteiger partial charge in [0.2, 0.25) is 5.60 Å². The molecule has 112 valence electrons. The van der Waals surface area contributed by atoms with Crippen LogP contribution in [0.5, 0.6) is 0 Å². The first kappa shape index (κ1) is 12.2. The van der Waals surface area contributed by atoms with Crippen molar-refractivity contribution in [3.63, 3.8) is 0 Å². The highest BCUT2D eigenvalue weighted by Crippen LogP contribution is 2.80. The van der Waals surface area contributed by atoms with E-state index < -0.39 is 23.2 Å². The third kappa shape index (κ3) is 0.879. The Morgan fingerprint density at radius 3 is 2.67 bits per heavy atom. The maximum absolute atomic E-state index is 12.5. The van der Waals surface area contributed by atoms with Crippen molar-refractivity contribution >= 4 is 11.9 Å². The molecule has 0 aromatic carbocycles. The lowest BCUT2D eigenvalue weighted by molar-refractivity contribution is -0.158. The zero-order chi connectivity index (χ0) is 14.9. The van der Waals surface area contributed by atoms with Gasteiger partial charge in [0.05, 0.1) is 11.3 Å². The van der Waals surface area contributed by atoms with Gasteiger partial charge in [0.25, 0.3) is 0 Å². The molecule has 5 heteroatoms. The summed E-state index contributed by atoms with van der Waals surface area (Å²) in [6.45, 7) is 10.1. The number of carbonyl (C=O) groups is 2. The lowest BCUT2D eigenvalue weighted by Gasteiger charge is -2.52. The molecule has 2 bridgehead atoms. The predicted molar refractivity (Wildman–Crippen MR) is 70.0 cm³/mol. The molecular weight excluding hydrogens is 272 g/mol. The summed E-state index contributed by atoms with van der Waals surface area (Å²) in [5, 5.41) is 0. The first-order chi connectivity index (χ1) is 9.79. The van der Waals surface area contributed by atoms with Crippen LogP contribution in [-0.2, 0) is 23.8 Å². The van der Waals surface area contributed by atoms with E-state index in [0.29, 0.717) is 6.42 Å². The number of rotatable bonds is 1. The molecule has 0 aromatic rings. The average Bonchev–Trinajstić information content (AvgIpc) is 2.86. The monoisotopic (exact) mass is 290 g/mol. The number of esters is 2. The molecule has 5 aliphatic rings. The molecule has 5 nitrogen and oxygen atoms in total. The van der Waals surface area contributed by atoms with Gasteiger partial charge in [-0.2, -0.15) is 0 Å². The predicted octanol–water partition coefficient (Wildman–Crippen LogP) is 1.21. The van der Waals surface area contributed by atoms with Crippen molar-refractivity contribution in [1.82, 2.24) is 0 Å². The van der Waals surface area contributed by atoms with Gasteiger partial charge < -0.3 is 14.2 Å². The van der Waals surface area contributed by atoms with Crippen molar-refractivity contribution in [2.45, 2.75) is 51.1 Å². The molecule has 3 saturated heterocycles. The van der Waals surface area contributed by atoms with Crippen LogP contribution in [0.15, 0.2) is 12.2 Å². The topological polar surface area (TPSA) is 65.1 Å². The molecular formula is C16H18O5. The second-order valence-electron chi connectivity index (χ2n) is 7.74. The Hall–Kier alpha value is -1.36. The molecule has 1 spiro atoms. The third-order valence-electron chi connectivity index (χ3n) is 7.17. The molecule has 21 heavy (non-hydrogen) atoms. The number of hydrogen-bond donors (Lipinski definition) is 0. The maximum atomic E-state index is 12.5. The van der Waals surface area contributed by atoms with Crippen LogP contribution in [-0.4, -0.2) is 35.9 Å². The van der Waals surface area contributed by atoms with Gasteiger partial charge in [-0.15, -0.1) is 0 Å². The summed E-state index contributed by atoms with van der Waals surface area (Å²) in [7, 11) is 0. The van der Waals surface area contributed by atoms with Gasteiger partial charge in [-0.1, -0.05) is 26.0 Å². The SMILES string of the molecule is C=C(C)[C@@H]1C2OC(=O)C1[C@]1(C)C[C@H]3O[C@]34C(=O)O[C@H]2[C@]14C. The lowest BCUT2D eigenvalue weighted by atomic mass is 9.48. The summed E-state index contributed by atoms with van der Waals surface area (Å²) < 4.78 is 17.1. The van der Waals surface area contributed by atoms with Gasteiger partial charge in [-0.3, -0.25) is 4.79 Å². The largest absolute Gasteiger partial charge is 0.457 e. The van der Waals surface area contributed by atoms with E-state index in [2.05, 4.69) is 13.5 Å². The summed E-state index contributed by atoms with van der Waals surface area (Å²) in [5.41, 5.74) is -0.746. The second-order valence-corrected chi connectivity index (χ2v) is 7.74. The molecule has 0 aromatic heterocycles. The van der Waals surface area contributed by atoms with Crippen LogP contribution >= 0.6 is 0 Å². The molecule has 2 aliphatic carbocycles. The Labute approximate surface area is 122 Å². The summed E-state index contributed by atoms with van der Waals surface area (Å²) >= 11 is 0. The number of carbonyl (C=O) groups excluding carboxylic acids is 2.